The second-order valence-electron chi connectivity index (χ2n) is 11.1. The second kappa shape index (κ2) is 16.5. The number of hydrogen-bond donors (Lipinski definition) is 3. The van der Waals surface area contributed by atoms with Gasteiger partial charge in [0.2, 0.25) is 0 Å². The normalized spacial score (nSPS) is 10.6. The molecule has 0 atom stereocenters. The molecule has 6 rings (SSSR count). The van der Waals surface area contributed by atoms with E-state index in [0.29, 0.717) is 32.8 Å². The molecule has 2 heterocycles. The summed E-state index contributed by atoms with van der Waals surface area (Å²) in [4.78, 5) is 44.7. The van der Waals surface area contributed by atoms with E-state index in [0.717, 1.165) is 36.4 Å². The summed E-state index contributed by atoms with van der Waals surface area (Å²) in [6.45, 7) is -0.384. The van der Waals surface area contributed by atoms with E-state index in [4.69, 9.17) is 11.5 Å². The average molecular weight is 745 g/mol. The number of carbonyl (C=O) groups is 3. The van der Waals surface area contributed by atoms with Crippen molar-refractivity contribution in [2.75, 3.05) is 9.80 Å². The Morgan fingerprint density at radius 2 is 0.963 bits per heavy atom. The second-order valence-corrected chi connectivity index (χ2v) is 11.1. The van der Waals surface area contributed by atoms with Gasteiger partial charge in [0, 0.05) is 22.3 Å². The Morgan fingerprint density at radius 3 is 1.35 bits per heavy atom. The predicted molar refractivity (Wildman–Crippen MR) is 187 cm³/mol. The van der Waals surface area contributed by atoms with E-state index in [9.17, 15) is 45.8 Å². The van der Waals surface area contributed by atoms with Gasteiger partial charge < -0.3 is 16.6 Å². The SMILES string of the molecule is NC(=O)N(c1ccc(C=O)c(-c2ccc(F)cc2)n1)c1c(F)cccc1F.NC(=O)N(c1ccc(CO)c(-c2ccc(F)cc2)n1)c1c(F)cccc1F. The number of rotatable bonds is 8. The maximum atomic E-state index is 14.2. The van der Waals surface area contributed by atoms with Crippen molar-refractivity contribution < 1.29 is 45.8 Å². The van der Waals surface area contributed by atoms with Gasteiger partial charge in [0.1, 0.15) is 57.9 Å². The number of amides is 4. The Bertz CT molecular complexity index is 2310. The number of pyridine rings is 2. The molecule has 0 unspecified atom stereocenters. The van der Waals surface area contributed by atoms with Gasteiger partial charge in [-0.05, 0) is 91.0 Å². The number of aliphatic hydroxyl groups excluding tert-OH is 1. The fourth-order valence-corrected chi connectivity index (χ4v) is 5.19. The lowest BCUT2D eigenvalue weighted by Crippen LogP contribution is -2.33. The third-order valence-corrected chi connectivity index (χ3v) is 7.63. The number of aliphatic hydroxyl groups is 1. The molecule has 6 aromatic rings. The highest BCUT2D eigenvalue weighted by molar-refractivity contribution is 5.99. The number of nitrogens with zero attached hydrogens (tertiary/aromatic N) is 4. The number of benzene rings is 4. The Hall–Kier alpha value is -7.07. The van der Waals surface area contributed by atoms with Crippen LogP contribution in [0.4, 0.5) is 58.9 Å². The Balaban J connectivity index is 0.000000208. The standard InChI is InChI=1S/C19H14F3N3O2.C19H12F3N3O2/c2*20-13-7-4-11(5-8-13)17-12(10-26)6-9-16(24-17)25(19(23)27)18-14(21)2-1-3-15(18)22/h1-9,26H,10H2,(H2,23,27);1-10H,(H2,23,27). The number of aldehydes is 1. The molecule has 0 bridgehead atoms. The van der Waals surface area contributed by atoms with Crippen LogP contribution in [0.1, 0.15) is 15.9 Å². The highest BCUT2D eigenvalue weighted by Gasteiger charge is 2.26. The van der Waals surface area contributed by atoms with Crippen LogP contribution < -0.4 is 21.3 Å². The Morgan fingerprint density at radius 1 is 0.574 bits per heavy atom. The van der Waals surface area contributed by atoms with Crippen LogP contribution in [0.2, 0.25) is 0 Å². The third kappa shape index (κ3) is 8.18. The van der Waals surface area contributed by atoms with Gasteiger partial charge in [-0.2, -0.15) is 0 Å². The molecule has 0 spiro atoms. The number of anilines is 4. The van der Waals surface area contributed by atoms with E-state index in [2.05, 4.69) is 9.97 Å². The number of nitrogens with two attached hydrogens (primary N) is 2. The molecule has 0 aliphatic heterocycles. The van der Waals surface area contributed by atoms with Gasteiger partial charge in [-0.1, -0.05) is 18.2 Å². The molecule has 4 aromatic carbocycles. The Labute approximate surface area is 302 Å². The first-order valence-electron chi connectivity index (χ1n) is 15.5. The number of carbonyl (C=O) groups excluding carboxylic acids is 3. The monoisotopic (exact) mass is 744 g/mol. The number of para-hydroxylation sites is 2. The van der Waals surface area contributed by atoms with Crippen molar-refractivity contribution >= 4 is 41.4 Å². The van der Waals surface area contributed by atoms with Gasteiger partial charge in [0.25, 0.3) is 0 Å². The zero-order chi connectivity index (χ0) is 39.1. The minimum Gasteiger partial charge on any atom is -0.392 e. The van der Waals surface area contributed by atoms with Crippen molar-refractivity contribution in [3.8, 4) is 22.5 Å². The van der Waals surface area contributed by atoms with Crippen molar-refractivity contribution in [2.24, 2.45) is 11.5 Å². The van der Waals surface area contributed by atoms with E-state index >= 15 is 0 Å². The zero-order valence-corrected chi connectivity index (χ0v) is 27.6. The fourth-order valence-electron chi connectivity index (χ4n) is 5.19. The van der Waals surface area contributed by atoms with Crippen molar-refractivity contribution in [2.45, 2.75) is 6.61 Å². The van der Waals surface area contributed by atoms with Gasteiger partial charge in [-0.15, -0.1) is 0 Å². The average Bonchev–Trinajstić information content (AvgIpc) is 3.15. The molecule has 0 radical (unpaired) electrons. The summed E-state index contributed by atoms with van der Waals surface area (Å²) in [5.41, 5.74) is 10.9. The molecule has 274 valence electrons. The molecule has 0 aliphatic carbocycles. The maximum absolute atomic E-state index is 14.2. The highest BCUT2D eigenvalue weighted by Crippen LogP contribution is 2.34. The van der Waals surface area contributed by atoms with Crippen LogP contribution in [-0.4, -0.2) is 33.4 Å². The smallest absolute Gasteiger partial charge is 0.325 e. The van der Waals surface area contributed by atoms with Gasteiger partial charge in [0.05, 0.1) is 18.0 Å². The summed E-state index contributed by atoms with van der Waals surface area (Å²) >= 11 is 0. The quantitative estimate of drug-likeness (QED) is 0.106. The summed E-state index contributed by atoms with van der Waals surface area (Å²) in [6, 6.07) is 19.5. The van der Waals surface area contributed by atoms with Gasteiger partial charge in [0.15, 0.2) is 6.29 Å². The van der Waals surface area contributed by atoms with Crippen LogP contribution in [-0.2, 0) is 6.61 Å². The summed E-state index contributed by atoms with van der Waals surface area (Å²) in [5, 5.41) is 9.54. The van der Waals surface area contributed by atoms with Gasteiger partial charge in [-0.25, -0.2) is 55.7 Å². The number of primary amides is 2. The molecule has 16 heteroatoms. The lowest BCUT2D eigenvalue weighted by molar-refractivity contribution is 0.112. The van der Waals surface area contributed by atoms with Gasteiger partial charge >= 0.3 is 12.1 Å². The van der Waals surface area contributed by atoms with Crippen LogP contribution in [0, 0.1) is 34.9 Å². The van der Waals surface area contributed by atoms with E-state index in [1.54, 1.807) is 0 Å². The van der Waals surface area contributed by atoms with E-state index in [-0.39, 0.29) is 35.2 Å². The molecule has 5 N–H and O–H groups in total. The number of urea groups is 2. The van der Waals surface area contributed by atoms with Crippen LogP contribution in [0.5, 0.6) is 0 Å². The summed E-state index contributed by atoms with van der Waals surface area (Å²) in [5.74, 6) is -5.33. The minimum atomic E-state index is -1.17. The molecule has 0 aliphatic rings. The summed E-state index contributed by atoms with van der Waals surface area (Å²) in [7, 11) is 0. The lowest BCUT2D eigenvalue weighted by Gasteiger charge is -2.22. The molecule has 54 heavy (non-hydrogen) atoms. The van der Waals surface area contributed by atoms with Gasteiger partial charge in [-0.3, -0.25) is 4.79 Å². The third-order valence-electron chi connectivity index (χ3n) is 7.63. The van der Waals surface area contributed by atoms with E-state index < -0.39 is 58.3 Å². The molecule has 0 saturated carbocycles. The number of hydrogen-bond acceptors (Lipinski definition) is 6. The van der Waals surface area contributed by atoms with Crippen molar-refractivity contribution in [1.82, 2.24) is 9.97 Å². The van der Waals surface area contributed by atoms with E-state index in [1.807, 2.05) is 0 Å². The maximum Gasteiger partial charge on any atom is 0.325 e. The molecule has 0 fully saturated rings. The molecular formula is C38H26F6N6O4. The van der Waals surface area contributed by atoms with E-state index in [1.165, 1.54) is 72.8 Å². The van der Waals surface area contributed by atoms with Crippen LogP contribution in [0.15, 0.2) is 109 Å². The lowest BCUT2D eigenvalue weighted by atomic mass is 10.1. The first-order chi connectivity index (χ1) is 25.8. The van der Waals surface area contributed by atoms with Crippen LogP contribution >= 0.6 is 0 Å². The largest absolute Gasteiger partial charge is 0.392 e. The van der Waals surface area contributed by atoms with Crippen molar-refractivity contribution in [1.29, 1.82) is 0 Å². The number of halogens is 6. The summed E-state index contributed by atoms with van der Waals surface area (Å²) < 4.78 is 83.0. The first-order valence-corrected chi connectivity index (χ1v) is 15.5. The van der Waals surface area contributed by atoms with Crippen LogP contribution in [0.3, 0.4) is 0 Å². The fraction of sp³-hybridized carbons (Fsp3) is 0.0263. The summed E-state index contributed by atoms with van der Waals surface area (Å²) in [6.07, 6.45) is 0.522. The predicted octanol–water partition coefficient (Wildman–Crippen LogP) is 8.07. The Kier molecular flexibility index (Phi) is 11.7. The number of aromatic nitrogens is 2. The molecular weight excluding hydrogens is 718 g/mol. The topological polar surface area (TPSA) is 156 Å². The minimum absolute atomic E-state index is 0.102. The zero-order valence-electron chi connectivity index (χ0n) is 27.6. The van der Waals surface area contributed by atoms with Crippen molar-refractivity contribution in [3.63, 3.8) is 0 Å². The molecule has 0 saturated heterocycles. The molecule has 2 aromatic heterocycles. The van der Waals surface area contributed by atoms with Crippen molar-refractivity contribution in [3.05, 3.63) is 155 Å². The molecule has 10 nitrogen and oxygen atoms in total. The molecule has 4 amide bonds. The first kappa shape index (κ1) is 38.2. The van der Waals surface area contributed by atoms with Crippen LogP contribution in [0.25, 0.3) is 22.5 Å². The highest BCUT2D eigenvalue weighted by atomic mass is 19.2.